The molecule has 44 heavy (non-hydrogen) atoms. The molecule has 2 atom stereocenters. The standard InChI is InChI=1S/C35H42FN3O5/c1-21(2)35-30(15-14-27(40)18-28(41)19-33(43)44)34(23-8-11-25(36)12-9-23)29-7-5-6-22-10-13-26(37-32(42)20-39(3)4)16-24(22)17-31(29)38-35/h8-16,21,27-28,40-41H,5-7,17-20H2,1-4H3,(H,37,42)(H,43,44)/t27-,28-/m1/s1. The summed E-state index contributed by atoms with van der Waals surface area (Å²) in [6.45, 7) is 4.37. The molecule has 0 unspecified atom stereocenters. The summed E-state index contributed by atoms with van der Waals surface area (Å²) in [5, 5.41) is 32.7. The second kappa shape index (κ2) is 14.7. The van der Waals surface area contributed by atoms with Gasteiger partial charge in [0.05, 0.1) is 30.9 Å². The third-order valence-corrected chi connectivity index (χ3v) is 7.72. The van der Waals surface area contributed by atoms with Crippen molar-refractivity contribution in [2.75, 3.05) is 26.0 Å². The Morgan fingerprint density at radius 3 is 2.45 bits per heavy atom. The van der Waals surface area contributed by atoms with Gasteiger partial charge < -0.3 is 25.5 Å². The number of carboxylic acids is 1. The van der Waals surface area contributed by atoms with Crippen molar-refractivity contribution >= 4 is 23.6 Å². The number of pyridine rings is 1. The Labute approximate surface area is 258 Å². The molecule has 3 aromatic rings. The highest BCUT2D eigenvalue weighted by Gasteiger charge is 2.24. The summed E-state index contributed by atoms with van der Waals surface area (Å²) in [6.07, 6.45) is 3.55. The van der Waals surface area contributed by atoms with E-state index in [1.807, 2.05) is 45.0 Å². The lowest BCUT2D eigenvalue weighted by atomic mass is 9.83. The topological polar surface area (TPSA) is 123 Å². The summed E-state index contributed by atoms with van der Waals surface area (Å²) in [5.74, 6) is -1.55. The lowest BCUT2D eigenvalue weighted by Crippen LogP contribution is -2.27. The van der Waals surface area contributed by atoms with E-state index in [9.17, 15) is 24.2 Å². The maximum atomic E-state index is 14.0. The van der Waals surface area contributed by atoms with Crippen molar-refractivity contribution in [3.8, 4) is 11.1 Å². The van der Waals surface area contributed by atoms with Crippen molar-refractivity contribution in [2.45, 2.75) is 70.5 Å². The molecule has 0 fully saturated rings. The van der Waals surface area contributed by atoms with E-state index < -0.39 is 24.6 Å². The number of aromatic nitrogens is 1. The number of hydrogen-bond donors (Lipinski definition) is 4. The lowest BCUT2D eigenvalue weighted by Gasteiger charge is -2.25. The van der Waals surface area contributed by atoms with Gasteiger partial charge in [0.2, 0.25) is 5.91 Å². The highest BCUT2D eigenvalue weighted by Crippen LogP contribution is 2.38. The van der Waals surface area contributed by atoms with Crippen molar-refractivity contribution in [1.82, 2.24) is 9.88 Å². The molecule has 1 aliphatic rings. The normalized spacial score (nSPS) is 14.6. The van der Waals surface area contributed by atoms with E-state index in [2.05, 4.69) is 11.4 Å². The number of benzene rings is 2. The summed E-state index contributed by atoms with van der Waals surface area (Å²) in [7, 11) is 3.70. The monoisotopic (exact) mass is 603 g/mol. The van der Waals surface area contributed by atoms with Crippen LogP contribution >= 0.6 is 0 Å². The zero-order valence-corrected chi connectivity index (χ0v) is 25.8. The molecule has 0 saturated carbocycles. The molecule has 1 amide bonds. The van der Waals surface area contributed by atoms with Crippen molar-refractivity contribution < 1.29 is 29.3 Å². The van der Waals surface area contributed by atoms with E-state index in [1.54, 1.807) is 24.3 Å². The Morgan fingerprint density at radius 2 is 1.80 bits per heavy atom. The van der Waals surface area contributed by atoms with Gasteiger partial charge in [0.25, 0.3) is 0 Å². The maximum Gasteiger partial charge on any atom is 0.305 e. The van der Waals surface area contributed by atoms with Gasteiger partial charge in [-0.05, 0) is 91.4 Å². The third-order valence-electron chi connectivity index (χ3n) is 7.72. The molecule has 2 aromatic carbocycles. The van der Waals surface area contributed by atoms with Gasteiger partial charge in [-0.15, -0.1) is 0 Å². The molecule has 0 radical (unpaired) electrons. The van der Waals surface area contributed by atoms with E-state index in [-0.39, 0.29) is 30.6 Å². The number of aliphatic carboxylic acids is 1. The Morgan fingerprint density at radius 1 is 1.07 bits per heavy atom. The minimum absolute atomic E-state index is 0.00968. The smallest absolute Gasteiger partial charge is 0.305 e. The van der Waals surface area contributed by atoms with Crippen LogP contribution in [0.3, 0.4) is 0 Å². The molecular weight excluding hydrogens is 561 g/mol. The predicted molar refractivity (Wildman–Crippen MR) is 170 cm³/mol. The Balaban J connectivity index is 1.81. The van der Waals surface area contributed by atoms with E-state index in [0.717, 1.165) is 64.2 Å². The molecule has 1 heterocycles. The molecule has 1 aromatic heterocycles. The number of carbonyl (C=O) groups excluding carboxylic acids is 1. The summed E-state index contributed by atoms with van der Waals surface area (Å²) in [5.41, 5.74) is 8.38. The van der Waals surface area contributed by atoms with Crippen LogP contribution in [0, 0.1) is 5.82 Å². The van der Waals surface area contributed by atoms with E-state index >= 15 is 0 Å². The number of nitrogens with zero attached hydrogens (tertiary/aromatic N) is 2. The van der Waals surface area contributed by atoms with Crippen LogP contribution in [-0.4, -0.2) is 69.9 Å². The minimum Gasteiger partial charge on any atom is -0.481 e. The number of fused-ring (bicyclic) bond motifs is 2. The van der Waals surface area contributed by atoms with Gasteiger partial charge >= 0.3 is 5.97 Å². The van der Waals surface area contributed by atoms with Crippen LogP contribution in [-0.2, 0) is 28.9 Å². The summed E-state index contributed by atoms with van der Waals surface area (Å²) in [4.78, 5) is 30.4. The van der Waals surface area contributed by atoms with Gasteiger partial charge in [0, 0.05) is 29.8 Å². The number of anilines is 1. The van der Waals surface area contributed by atoms with Crippen LogP contribution in [0.25, 0.3) is 17.2 Å². The number of nitrogens with one attached hydrogen (secondary N) is 1. The lowest BCUT2D eigenvalue weighted by molar-refractivity contribution is -0.139. The summed E-state index contributed by atoms with van der Waals surface area (Å²) < 4.78 is 14.0. The molecule has 0 bridgehead atoms. The van der Waals surface area contributed by atoms with Gasteiger partial charge in [0.1, 0.15) is 5.82 Å². The molecule has 4 rings (SSSR count). The first-order valence-electron chi connectivity index (χ1n) is 15.0. The van der Waals surface area contributed by atoms with Crippen LogP contribution < -0.4 is 5.32 Å². The molecule has 8 nitrogen and oxygen atoms in total. The highest BCUT2D eigenvalue weighted by atomic mass is 19.1. The van der Waals surface area contributed by atoms with Crippen LogP contribution in [0.4, 0.5) is 10.1 Å². The molecule has 234 valence electrons. The fraction of sp³-hybridized carbons (Fsp3) is 0.400. The SMILES string of the molecule is CC(C)c1nc2c(c(-c3ccc(F)cc3)c1C=C[C@@H](O)C[C@@H](O)CC(=O)O)CCCc1ccc(NC(=O)CN(C)C)cc1C2. The number of amides is 1. The maximum absolute atomic E-state index is 14.0. The summed E-state index contributed by atoms with van der Waals surface area (Å²) >= 11 is 0. The van der Waals surface area contributed by atoms with Gasteiger partial charge in [-0.2, -0.15) is 0 Å². The number of hydrogen-bond acceptors (Lipinski definition) is 6. The molecule has 1 aliphatic carbocycles. The number of likely N-dealkylation sites (N-methyl/N-ethyl adjacent to an activating group) is 1. The largest absolute Gasteiger partial charge is 0.481 e. The Kier molecular flexibility index (Phi) is 11.0. The molecule has 0 saturated heterocycles. The second-order valence-electron chi connectivity index (χ2n) is 12.1. The number of aliphatic hydroxyl groups excluding tert-OH is 2. The van der Waals surface area contributed by atoms with Gasteiger partial charge in [-0.3, -0.25) is 14.6 Å². The van der Waals surface area contributed by atoms with Crippen molar-refractivity contribution in [1.29, 1.82) is 0 Å². The fourth-order valence-corrected chi connectivity index (χ4v) is 5.76. The van der Waals surface area contributed by atoms with Crippen molar-refractivity contribution in [3.05, 3.63) is 88.0 Å². The van der Waals surface area contributed by atoms with E-state index in [4.69, 9.17) is 10.1 Å². The average molecular weight is 604 g/mol. The number of carboxylic acid groups (broad SMARTS) is 1. The Bertz CT molecular complexity index is 1520. The number of aryl methyl sites for hydroxylation is 1. The van der Waals surface area contributed by atoms with Crippen molar-refractivity contribution in [2.24, 2.45) is 0 Å². The third kappa shape index (κ3) is 8.59. The molecule has 9 heteroatoms. The van der Waals surface area contributed by atoms with E-state index in [1.165, 1.54) is 17.7 Å². The van der Waals surface area contributed by atoms with Gasteiger partial charge in [0.15, 0.2) is 0 Å². The number of halogens is 1. The van der Waals surface area contributed by atoms with Gasteiger partial charge in [-0.1, -0.05) is 44.2 Å². The minimum atomic E-state index is -1.18. The molecule has 0 aliphatic heterocycles. The quantitative estimate of drug-likeness (QED) is 0.238. The van der Waals surface area contributed by atoms with Crippen LogP contribution in [0.2, 0.25) is 0 Å². The molecular formula is C35H42FN3O5. The predicted octanol–water partition coefficient (Wildman–Crippen LogP) is 5.19. The average Bonchev–Trinajstić information content (AvgIpc) is 2.91. The first-order chi connectivity index (χ1) is 20.9. The van der Waals surface area contributed by atoms with Crippen molar-refractivity contribution in [3.63, 3.8) is 0 Å². The zero-order valence-electron chi connectivity index (χ0n) is 25.8. The molecule has 4 N–H and O–H groups in total. The zero-order chi connectivity index (χ0) is 32.0. The first-order valence-corrected chi connectivity index (χ1v) is 15.0. The number of carbonyl (C=O) groups is 2. The first kappa shape index (κ1) is 33.0. The number of rotatable bonds is 11. The van der Waals surface area contributed by atoms with Crippen LogP contribution in [0.1, 0.15) is 72.7 Å². The molecule has 0 spiro atoms. The van der Waals surface area contributed by atoms with Crippen LogP contribution in [0.15, 0.2) is 48.5 Å². The second-order valence-corrected chi connectivity index (χ2v) is 12.1. The Hall–Kier alpha value is -3.92. The summed E-state index contributed by atoms with van der Waals surface area (Å²) in [6, 6.07) is 12.4. The fourth-order valence-electron chi connectivity index (χ4n) is 5.76. The number of aliphatic hydroxyl groups is 2. The van der Waals surface area contributed by atoms with Gasteiger partial charge in [-0.25, -0.2) is 4.39 Å². The highest BCUT2D eigenvalue weighted by molar-refractivity contribution is 5.92. The van der Waals surface area contributed by atoms with Crippen LogP contribution in [0.5, 0.6) is 0 Å². The van der Waals surface area contributed by atoms with E-state index in [0.29, 0.717) is 6.42 Å².